The third-order valence-electron chi connectivity index (χ3n) is 0.881. The van der Waals surface area contributed by atoms with Gasteiger partial charge in [0.2, 0.25) is 0 Å². The fourth-order valence-corrected chi connectivity index (χ4v) is 0.478. The molecule has 0 unspecified atom stereocenters. The van der Waals surface area contributed by atoms with Crippen LogP contribution in [0.4, 0.5) is 0 Å². The van der Waals surface area contributed by atoms with E-state index in [0.717, 1.165) is 0 Å². The summed E-state index contributed by atoms with van der Waals surface area (Å²) < 4.78 is 0. The number of amides is 1. The SMILES string of the molecule is O=C1\C=C/C=C\C=C/N=N1. The van der Waals surface area contributed by atoms with Gasteiger partial charge in [-0.15, -0.1) is 5.11 Å². The lowest BCUT2D eigenvalue weighted by Crippen LogP contribution is -1.81. The molecule has 0 bridgehead atoms. The Morgan fingerprint density at radius 2 is 1.90 bits per heavy atom. The first-order valence-corrected chi connectivity index (χ1v) is 2.84. The maximum absolute atomic E-state index is 10.6. The van der Waals surface area contributed by atoms with E-state index in [4.69, 9.17) is 0 Å². The number of hydrogen-bond donors (Lipinski definition) is 0. The van der Waals surface area contributed by atoms with Gasteiger partial charge in [-0.2, -0.15) is 5.11 Å². The molecule has 50 valence electrons. The van der Waals surface area contributed by atoms with Crippen molar-refractivity contribution in [2.24, 2.45) is 10.2 Å². The van der Waals surface area contributed by atoms with Crippen LogP contribution in [0.2, 0.25) is 0 Å². The highest BCUT2D eigenvalue weighted by Gasteiger charge is 1.87. The molecule has 0 spiro atoms. The highest BCUT2D eigenvalue weighted by atomic mass is 16.1. The minimum atomic E-state index is -0.337. The van der Waals surface area contributed by atoms with Crippen molar-refractivity contribution in [3.05, 3.63) is 36.6 Å². The van der Waals surface area contributed by atoms with Gasteiger partial charge in [-0.05, 0) is 6.08 Å². The largest absolute Gasteiger partial charge is 0.288 e. The molecule has 1 heterocycles. The molecule has 0 atom stereocenters. The summed E-state index contributed by atoms with van der Waals surface area (Å²) in [5, 5.41) is 6.78. The normalized spacial score (nSPS) is 26.2. The number of nitrogens with zero attached hydrogens (tertiary/aromatic N) is 2. The summed E-state index contributed by atoms with van der Waals surface area (Å²) in [7, 11) is 0. The Kier molecular flexibility index (Phi) is 2.31. The van der Waals surface area contributed by atoms with Crippen molar-refractivity contribution in [1.29, 1.82) is 0 Å². The summed E-state index contributed by atoms with van der Waals surface area (Å²) in [6, 6.07) is 0. The molecule has 0 saturated carbocycles. The van der Waals surface area contributed by atoms with E-state index in [1.54, 1.807) is 24.3 Å². The molecule has 3 nitrogen and oxygen atoms in total. The van der Waals surface area contributed by atoms with Gasteiger partial charge in [0, 0.05) is 12.3 Å². The van der Waals surface area contributed by atoms with Crippen molar-refractivity contribution in [2.75, 3.05) is 0 Å². The zero-order chi connectivity index (χ0) is 7.23. The van der Waals surface area contributed by atoms with E-state index in [9.17, 15) is 4.79 Å². The molecule has 0 radical (unpaired) electrons. The van der Waals surface area contributed by atoms with Gasteiger partial charge in [-0.3, -0.25) is 4.79 Å². The van der Waals surface area contributed by atoms with Gasteiger partial charge in [-0.1, -0.05) is 18.2 Å². The van der Waals surface area contributed by atoms with Crippen LogP contribution in [0.5, 0.6) is 0 Å². The van der Waals surface area contributed by atoms with Crippen LogP contribution in [0.15, 0.2) is 46.8 Å². The van der Waals surface area contributed by atoms with Crippen molar-refractivity contribution in [3.63, 3.8) is 0 Å². The molecule has 0 saturated heterocycles. The van der Waals surface area contributed by atoms with Crippen LogP contribution in [0.3, 0.4) is 0 Å². The van der Waals surface area contributed by atoms with Gasteiger partial charge in [0.1, 0.15) is 0 Å². The first-order valence-electron chi connectivity index (χ1n) is 2.84. The number of azo groups is 1. The highest BCUT2D eigenvalue weighted by Crippen LogP contribution is 1.89. The van der Waals surface area contributed by atoms with E-state index in [2.05, 4.69) is 10.2 Å². The Morgan fingerprint density at radius 3 is 2.80 bits per heavy atom. The predicted molar refractivity (Wildman–Crippen MR) is 37.3 cm³/mol. The number of carbonyl (C=O) groups excluding carboxylic acids is 1. The average Bonchev–Trinajstić information content (AvgIpc) is 2.02. The van der Waals surface area contributed by atoms with Crippen LogP contribution < -0.4 is 0 Å². The zero-order valence-electron chi connectivity index (χ0n) is 5.27. The Hall–Kier alpha value is -1.51. The van der Waals surface area contributed by atoms with E-state index in [1.165, 1.54) is 12.3 Å². The molecule has 1 aliphatic heterocycles. The van der Waals surface area contributed by atoms with Crippen LogP contribution in [0.1, 0.15) is 0 Å². The van der Waals surface area contributed by atoms with E-state index in [-0.39, 0.29) is 5.91 Å². The second-order valence-corrected chi connectivity index (χ2v) is 1.64. The summed E-state index contributed by atoms with van der Waals surface area (Å²) in [6.45, 7) is 0. The minimum Gasteiger partial charge on any atom is -0.266 e. The Balaban J connectivity index is 2.80. The lowest BCUT2D eigenvalue weighted by molar-refractivity contribution is -0.113. The Morgan fingerprint density at radius 1 is 1.10 bits per heavy atom. The topological polar surface area (TPSA) is 41.8 Å². The Bertz CT molecular complexity index is 212. The monoisotopic (exact) mass is 134 g/mol. The van der Waals surface area contributed by atoms with Gasteiger partial charge >= 0.3 is 0 Å². The summed E-state index contributed by atoms with van der Waals surface area (Å²) in [5.41, 5.74) is 0. The predicted octanol–water partition coefficient (Wildman–Crippen LogP) is 1.60. The first kappa shape index (κ1) is 6.61. The van der Waals surface area contributed by atoms with Crippen LogP contribution in [-0.2, 0) is 4.79 Å². The number of allylic oxidation sites excluding steroid dienone is 4. The second kappa shape index (κ2) is 3.50. The third-order valence-corrected chi connectivity index (χ3v) is 0.881. The van der Waals surface area contributed by atoms with E-state index in [0.29, 0.717) is 0 Å². The molecule has 0 N–H and O–H groups in total. The van der Waals surface area contributed by atoms with Crippen LogP contribution >= 0.6 is 0 Å². The molecule has 0 aromatic heterocycles. The fourth-order valence-electron chi connectivity index (χ4n) is 0.478. The van der Waals surface area contributed by atoms with Crippen molar-refractivity contribution < 1.29 is 4.79 Å². The third kappa shape index (κ3) is 2.17. The molecular weight excluding hydrogens is 128 g/mol. The molecule has 1 rings (SSSR count). The molecule has 10 heavy (non-hydrogen) atoms. The average molecular weight is 134 g/mol. The van der Waals surface area contributed by atoms with Gasteiger partial charge in [0.25, 0.3) is 5.91 Å². The molecular formula is C7H6N2O. The van der Waals surface area contributed by atoms with Crippen molar-refractivity contribution in [1.82, 2.24) is 0 Å². The maximum atomic E-state index is 10.6. The first-order chi connectivity index (χ1) is 4.89. The van der Waals surface area contributed by atoms with Crippen molar-refractivity contribution in [3.8, 4) is 0 Å². The zero-order valence-corrected chi connectivity index (χ0v) is 5.27. The standard InChI is InChI=1S/C7H6N2O/c10-7-5-3-1-2-4-6-8-9-7/h1-6H/b2-1-,5-3-,6-4-,9-8?. The molecule has 0 fully saturated rings. The number of carbonyl (C=O) groups is 1. The van der Waals surface area contributed by atoms with Crippen LogP contribution in [-0.4, -0.2) is 5.91 Å². The van der Waals surface area contributed by atoms with E-state index in [1.807, 2.05) is 0 Å². The van der Waals surface area contributed by atoms with Gasteiger partial charge in [-0.25, -0.2) is 0 Å². The molecule has 0 aromatic carbocycles. The molecule has 0 aromatic rings. The van der Waals surface area contributed by atoms with Gasteiger partial charge < -0.3 is 0 Å². The van der Waals surface area contributed by atoms with Crippen molar-refractivity contribution in [2.45, 2.75) is 0 Å². The van der Waals surface area contributed by atoms with Crippen LogP contribution in [0.25, 0.3) is 0 Å². The van der Waals surface area contributed by atoms with E-state index >= 15 is 0 Å². The van der Waals surface area contributed by atoms with Crippen LogP contribution in [0, 0.1) is 0 Å². The highest BCUT2D eigenvalue weighted by molar-refractivity contribution is 5.88. The number of hydrogen-bond acceptors (Lipinski definition) is 2. The molecule has 1 aliphatic rings. The lowest BCUT2D eigenvalue weighted by atomic mass is 10.4. The summed E-state index contributed by atoms with van der Waals surface area (Å²) >= 11 is 0. The lowest BCUT2D eigenvalue weighted by Gasteiger charge is -1.74. The Labute approximate surface area is 58.5 Å². The summed E-state index contributed by atoms with van der Waals surface area (Å²) in [4.78, 5) is 10.6. The molecule has 0 aliphatic carbocycles. The second-order valence-electron chi connectivity index (χ2n) is 1.64. The van der Waals surface area contributed by atoms with Gasteiger partial charge in [0.05, 0.1) is 0 Å². The smallest absolute Gasteiger partial charge is 0.266 e. The summed E-state index contributed by atoms with van der Waals surface area (Å²) in [5.74, 6) is -0.337. The number of rotatable bonds is 0. The quantitative estimate of drug-likeness (QED) is 0.496. The summed E-state index contributed by atoms with van der Waals surface area (Å²) in [6.07, 6.45) is 9.65. The van der Waals surface area contributed by atoms with Gasteiger partial charge in [0.15, 0.2) is 0 Å². The van der Waals surface area contributed by atoms with Crippen molar-refractivity contribution >= 4 is 5.91 Å². The molecule has 1 amide bonds. The molecule has 3 heteroatoms. The minimum absolute atomic E-state index is 0.337. The van der Waals surface area contributed by atoms with E-state index < -0.39 is 0 Å². The fraction of sp³-hybridized carbons (Fsp3) is 0. The maximum Gasteiger partial charge on any atom is 0.288 e.